The third-order valence-corrected chi connectivity index (χ3v) is 5.11. The minimum absolute atomic E-state index is 0.0366. The number of aromatic nitrogens is 2. The van der Waals surface area contributed by atoms with E-state index in [1.165, 1.54) is 0 Å². The van der Waals surface area contributed by atoms with Crippen molar-refractivity contribution in [3.05, 3.63) is 72.3 Å². The minimum Gasteiger partial charge on any atom is -0.349 e. The quantitative estimate of drug-likeness (QED) is 0.775. The van der Waals surface area contributed by atoms with Gasteiger partial charge in [0.1, 0.15) is 5.82 Å². The maximum absolute atomic E-state index is 12.5. The number of piperidine rings is 1. The summed E-state index contributed by atoms with van der Waals surface area (Å²) in [7, 11) is 0. The van der Waals surface area contributed by atoms with Crippen LogP contribution >= 0.6 is 0 Å². The van der Waals surface area contributed by atoms with Gasteiger partial charge in [-0.05, 0) is 37.1 Å². The van der Waals surface area contributed by atoms with Gasteiger partial charge in [-0.3, -0.25) is 9.59 Å². The number of nitrogens with one attached hydrogen (secondary N) is 1. The molecule has 1 saturated heterocycles. The zero-order chi connectivity index (χ0) is 18.6. The van der Waals surface area contributed by atoms with E-state index in [1.807, 2.05) is 64.0 Å². The van der Waals surface area contributed by atoms with Crippen LogP contribution in [-0.2, 0) is 11.3 Å². The van der Waals surface area contributed by atoms with Gasteiger partial charge in [-0.25, -0.2) is 4.98 Å². The SMILES string of the molecule is O=C(NCc1ncc2ccccn12)C1CCN(C(=O)c2ccccc2)CC1. The number of hydrogen-bond donors (Lipinski definition) is 1. The van der Waals surface area contributed by atoms with E-state index in [2.05, 4.69) is 10.3 Å². The van der Waals surface area contributed by atoms with E-state index in [1.54, 1.807) is 6.20 Å². The third kappa shape index (κ3) is 3.69. The molecule has 138 valence electrons. The molecule has 0 radical (unpaired) electrons. The number of likely N-dealkylation sites (tertiary alicyclic amines) is 1. The maximum Gasteiger partial charge on any atom is 0.253 e. The van der Waals surface area contributed by atoms with Gasteiger partial charge < -0.3 is 14.6 Å². The van der Waals surface area contributed by atoms with E-state index in [9.17, 15) is 9.59 Å². The molecular weight excluding hydrogens is 340 g/mol. The molecule has 0 aliphatic carbocycles. The van der Waals surface area contributed by atoms with E-state index in [4.69, 9.17) is 0 Å². The molecular formula is C21H22N4O2. The van der Waals surface area contributed by atoms with Gasteiger partial charge in [-0.1, -0.05) is 24.3 Å². The number of benzene rings is 1. The first-order valence-corrected chi connectivity index (χ1v) is 9.25. The molecule has 0 saturated carbocycles. The molecule has 3 aromatic rings. The van der Waals surface area contributed by atoms with E-state index in [-0.39, 0.29) is 17.7 Å². The summed E-state index contributed by atoms with van der Waals surface area (Å²) in [6.45, 7) is 1.62. The second-order valence-corrected chi connectivity index (χ2v) is 6.82. The molecule has 6 nitrogen and oxygen atoms in total. The number of pyridine rings is 1. The fourth-order valence-corrected chi connectivity index (χ4v) is 3.55. The van der Waals surface area contributed by atoms with Crippen molar-refractivity contribution in [2.75, 3.05) is 13.1 Å². The van der Waals surface area contributed by atoms with Crippen LogP contribution in [0.15, 0.2) is 60.9 Å². The molecule has 1 N–H and O–H groups in total. The lowest BCUT2D eigenvalue weighted by molar-refractivity contribution is -0.126. The lowest BCUT2D eigenvalue weighted by Crippen LogP contribution is -2.43. The standard InChI is InChI=1S/C21H22N4O2/c26-20(23-15-19-22-14-18-8-4-5-11-25(18)19)16-9-12-24(13-10-16)21(27)17-6-2-1-3-7-17/h1-8,11,14,16H,9-10,12-13,15H2,(H,23,26). The number of hydrogen-bond acceptors (Lipinski definition) is 3. The number of nitrogens with zero attached hydrogens (tertiary/aromatic N) is 3. The van der Waals surface area contributed by atoms with Crippen molar-refractivity contribution in [2.45, 2.75) is 19.4 Å². The molecule has 0 spiro atoms. The third-order valence-electron chi connectivity index (χ3n) is 5.11. The molecule has 4 rings (SSSR count). The summed E-state index contributed by atoms with van der Waals surface area (Å²) in [5, 5.41) is 3.00. The predicted molar refractivity (Wildman–Crippen MR) is 102 cm³/mol. The van der Waals surface area contributed by atoms with Crippen LogP contribution in [0.3, 0.4) is 0 Å². The van der Waals surface area contributed by atoms with Gasteiger partial charge in [0.15, 0.2) is 0 Å². The summed E-state index contributed by atoms with van der Waals surface area (Å²) in [6.07, 6.45) is 5.12. The fraction of sp³-hybridized carbons (Fsp3) is 0.286. The summed E-state index contributed by atoms with van der Waals surface area (Å²) < 4.78 is 1.97. The Bertz CT molecular complexity index is 943. The Hall–Kier alpha value is -3.15. The highest BCUT2D eigenvalue weighted by Crippen LogP contribution is 2.19. The average molecular weight is 362 g/mol. The smallest absolute Gasteiger partial charge is 0.253 e. The van der Waals surface area contributed by atoms with Crippen molar-refractivity contribution in [1.82, 2.24) is 19.6 Å². The Kier molecular flexibility index (Phi) is 4.87. The largest absolute Gasteiger partial charge is 0.349 e. The van der Waals surface area contributed by atoms with Crippen LogP contribution in [0, 0.1) is 5.92 Å². The Morgan fingerprint density at radius 2 is 1.78 bits per heavy atom. The van der Waals surface area contributed by atoms with Crippen molar-refractivity contribution in [1.29, 1.82) is 0 Å². The number of imidazole rings is 1. The van der Waals surface area contributed by atoms with Gasteiger partial charge in [0, 0.05) is 30.8 Å². The van der Waals surface area contributed by atoms with Crippen LogP contribution < -0.4 is 5.32 Å². The monoisotopic (exact) mass is 362 g/mol. The normalized spacial score (nSPS) is 15.0. The van der Waals surface area contributed by atoms with Gasteiger partial charge in [-0.2, -0.15) is 0 Å². The van der Waals surface area contributed by atoms with Crippen LogP contribution in [0.2, 0.25) is 0 Å². The molecule has 2 aromatic heterocycles. The van der Waals surface area contributed by atoms with Crippen molar-refractivity contribution in [3.63, 3.8) is 0 Å². The Morgan fingerprint density at radius 1 is 1.04 bits per heavy atom. The zero-order valence-electron chi connectivity index (χ0n) is 15.0. The number of carbonyl (C=O) groups excluding carboxylic acids is 2. The van der Waals surface area contributed by atoms with Crippen LogP contribution in [0.25, 0.3) is 5.52 Å². The second kappa shape index (κ2) is 7.61. The lowest BCUT2D eigenvalue weighted by Gasteiger charge is -2.31. The molecule has 0 atom stereocenters. The maximum atomic E-state index is 12.5. The molecule has 2 amide bonds. The van der Waals surface area contributed by atoms with Crippen molar-refractivity contribution in [2.24, 2.45) is 5.92 Å². The first-order chi connectivity index (χ1) is 13.2. The van der Waals surface area contributed by atoms with E-state index in [0.717, 1.165) is 11.3 Å². The summed E-state index contributed by atoms with van der Waals surface area (Å²) in [4.78, 5) is 31.2. The lowest BCUT2D eigenvalue weighted by atomic mass is 9.95. The number of rotatable bonds is 4. The molecule has 6 heteroatoms. The minimum atomic E-state index is -0.0592. The summed E-state index contributed by atoms with van der Waals surface area (Å²) >= 11 is 0. The highest BCUT2D eigenvalue weighted by Gasteiger charge is 2.27. The van der Waals surface area contributed by atoms with Crippen molar-refractivity contribution >= 4 is 17.3 Å². The van der Waals surface area contributed by atoms with Crippen LogP contribution in [-0.4, -0.2) is 39.2 Å². The molecule has 27 heavy (non-hydrogen) atoms. The first kappa shape index (κ1) is 17.3. The summed E-state index contributed by atoms with van der Waals surface area (Å²) in [5.41, 5.74) is 1.71. The second-order valence-electron chi connectivity index (χ2n) is 6.82. The zero-order valence-corrected chi connectivity index (χ0v) is 15.0. The Morgan fingerprint density at radius 3 is 2.56 bits per heavy atom. The number of amides is 2. The molecule has 0 unspecified atom stereocenters. The van der Waals surface area contributed by atoms with Crippen molar-refractivity contribution < 1.29 is 9.59 Å². The fourth-order valence-electron chi connectivity index (χ4n) is 3.55. The summed E-state index contributed by atoms with van der Waals surface area (Å²) in [6, 6.07) is 15.2. The first-order valence-electron chi connectivity index (χ1n) is 9.25. The number of fused-ring (bicyclic) bond motifs is 1. The highest BCUT2D eigenvalue weighted by molar-refractivity contribution is 5.94. The summed E-state index contributed by atoms with van der Waals surface area (Å²) in [5.74, 6) is 0.833. The number of carbonyl (C=O) groups is 2. The van der Waals surface area contributed by atoms with Gasteiger partial charge in [0.05, 0.1) is 18.3 Å². The molecule has 1 fully saturated rings. The van der Waals surface area contributed by atoms with Crippen LogP contribution in [0.1, 0.15) is 29.0 Å². The van der Waals surface area contributed by atoms with Crippen LogP contribution in [0.4, 0.5) is 0 Å². The Balaban J connectivity index is 1.30. The van der Waals surface area contributed by atoms with E-state index >= 15 is 0 Å². The average Bonchev–Trinajstić information content (AvgIpc) is 3.15. The van der Waals surface area contributed by atoms with Crippen LogP contribution in [0.5, 0.6) is 0 Å². The molecule has 0 bridgehead atoms. The van der Waals surface area contributed by atoms with Gasteiger partial charge in [-0.15, -0.1) is 0 Å². The van der Waals surface area contributed by atoms with Gasteiger partial charge >= 0.3 is 0 Å². The Labute approximate surface area is 157 Å². The van der Waals surface area contributed by atoms with E-state index in [0.29, 0.717) is 38.0 Å². The predicted octanol–water partition coefficient (Wildman–Crippen LogP) is 2.50. The van der Waals surface area contributed by atoms with Gasteiger partial charge in [0.25, 0.3) is 5.91 Å². The molecule has 1 aromatic carbocycles. The molecule has 1 aliphatic heterocycles. The van der Waals surface area contributed by atoms with Gasteiger partial charge in [0.2, 0.25) is 5.91 Å². The topological polar surface area (TPSA) is 66.7 Å². The van der Waals surface area contributed by atoms with Crippen molar-refractivity contribution in [3.8, 4) is 0 Å². The highest BCUT2D eigenvalue weighted by atomic mass is 16.2. The van der Waals surface area contributed by atoms with E-state index < -0.39 is 0 Å². The molecule has 3 heterocycles. The molecule has 1 aliphatic rings.